The molecule has 0 aromatic carbocycles. The Morgan fingerprint density at radius 1 is 0.965 bits per heavy atom. The van der Waals surface area contributed by atoms with Crippen LogP contribution in [-0.4, -0.2) is 137 Å². The summed E-state index contributed by atoms with van der Waals surface area (Å²) in [5, 5.41) is 22.0. The van der Waals surface area contributed by atoms with Crippen molar-refractivity contribution < 1.29 is 75.7 Å². The summed E-state index contributed by atoms with van der Waals surface area (Å²) >= 11 is 4.63. The van der Waals surface area contributed by atoms with Crippen molar-refractivity contribution >= 4 is 68.7 Å². The normalized spacial score (nSPS) is 29.5. The number of aliphatic hydroxyl groups excluding tert-OH is 2. The maximum Gasteiger partial charge on any atom is 0.506 e. The fourth-order valence-corrected chi connectivity index (χ4v) is 11.1. The van der Waals surface area contributed by atoms with E-state index >= 15 is 0 Å². The highest BCUT2D eigenvalue weighted by Crippen LogP contribution is 2.68. The van der Waals surface area contributed by atoms with E-state index in [1.165, 1.54) is 27.8 Å². The molecule has 0 spiro atoms. The first-order valence-electron chi connectivity index (χ1n) is 16.4. The van der Waals surface area contributed by atoms with Crippen LogP contribution in [0.25, 0.3) is 11.2 Å². The van der Waals surface area contributed by atoms with Gasteiger partial charge in [-0.1, -0.05) is 0 Å². The van der Waals surface area contributed by atoms with E-state index in [1.807, 2.05) is 0 Å². The second kappa shape index (κ2) is 16.6. The number of aromatic amines is 2. The zero-order valence-corrected chi connectivity index (χ0v) is 33.5. The number of imidazole rings is 1. The number of phosphoric ester groups is 1. The number of phosphoric acid groups is 2. The fourth-order valence-electron chi connectivity index (χ4n) is 6.29. The molecule has 318 valence electrons. The van der Waals surface area contributed by atoms with Crippen molar-refractivity contribution in [1.29, 1.82) is 0 Å². The number of aromatic nitrogens is 6. The van der Waals surface area contributed by atoms with Gasteiger partial charge in [-0.25, -0.2) is 27.6 Å². The molecule has 3 aromatic heterocycles. The second-order valence-corrected chi connectivity index (χ2v) is 18.8. The van der Waals surface area contributed by atoms with Crippen LogP contribution in [0.15, 0.2) is 15.9 Å². The van der Waals surface area contributed by atoms with E-state index in [0.29, 0.717) is 0 Å². The zero-order valence-electron chi connectivity index (χ0n) is 30.0. The van der Waals surface area contributed by atoms with Crippen LogP contribution in [0, 0.1) is 0 Å². The van der Waals surface area contributed by atoms with E-state index in [-0.39, 0.29) is 41.2 Å². The number of anilines is 4. The Balaban J connectivity index is 1.04. The standard InChI is InChI=1S/C25H39N10O18P3S/c1-9(2)48-16-11(50-22(15(16)37)34-7-28-12-18(34)29-24(26)31-20(12)38)5-46-51-55(42,43)53-56(44,57)52-54(40,41)47-6-10-14(36)17(45-4)23(49-10)35-8-33(3)13-19(35)30-25(27)32-21(13)39/h7,9-11,14-17,22-23,36-37H,5-6,8H2,1-4H3,(H,40,41)(H,42,43)(H,44,57)(H3,26,29,31,38)(H3,27,30,32,39)/t10-,11-,14+,15+,16?,17?,22-,23-,56?/m1/s1. The van der Waals surface area contributed by atoms with E-state index < -0.39 is 102 Å². The maximum absolute atomic E-state index is 12.8. The Hall–Kier alpha value is -3.02. The molecule has 11 N–H and O–H groups in total. The number of hydrogen-bond donors (Lipinski definition) is 9. The summed E-state index contributed by atoms with van der Waals surface area (Å²) in [5.41, 5.74) is 10.2. The van der Waals surface area contributed by atoms with Gasteiger partial charge in [0.25, 0.3) is 11.1 Å². The van der Waals surface area contributed by atoms with Crippen LogP contribution in [0.4, 0.5) is 23.4 Å². The molecule has 11 atom stereocenters. The minimum absolute atomic E-state index is 0.0347. The number of nitrogens with two attached hydrogens (primary N) is 2. The molecule has 3 aliphatic rings. The largest absolute Gasteiger partial charge is 0.506 e. The molecule has 32 heteroatoms. The van der Waals surface area contributed by atoms with Gasteiger partial charge in [-0.3, -0.25) is 28.6 Å². The van der Waals surface area contributed by atoms with Crippen LogP contribution < -0.4 is 32.4 Å². The average molecular weight is 893 g/mol. The van der Waals surface area contributed by atoms with E-state index in [0.717, 1.165) is 0 Å². The number of aliphatic hydroxyl groups is 2. The summed E-state index contributed by atoms with van der Waals surface area (Å²) in [6.07, 6.45) is -9.57. The number of nitrogens with one attached hydrogen (secondary N) is 2. The van der Waals surface area contributed by atoms with Crippen molar-refractivity contribution in [3.05, 3.63) is 27.0 Å². The van der Waals surface area contributed by atoms with Gasteiger partial charge >= 0.3 is 22.4 Å². The average Bonchev–Trinajstić information content (AvgIpc) is 3.81. The summed E-state index contributed by atoms with van der Waals surface area (Å²) in [6.45, 7) is -3.44. The van der Waals surface area contributed by atoms with Crippen molar-refractivity contribution in [2.75, 3.05) is 55.3 Å². The van der Waals surface area contributed by atoms with Crippen molar-refractivity contribution in [3.8, 4) is 0 Å². The highest BCUT2D eigenvalue weighted by molar-refractivity contribution is 8.09. The maximum atomic E-state index is 12.8. The molecule has 2 fully saturated rings. The first-order chi connectivity index (χ1) is 26.6. The van der Waals surface area contributed by atoms with Gasteiger partial charge in [0.1, 0.15) is 48.9 Å². The molecule has 0 aliphatic carbocycles. The third-order valence-corrected chi connectivity index (χ3v) is 13.7. The Kier molecular flexibility index (Phi) is 12.7. The van der Waals surface area contributed by atoms with Gasteiger partial charge in [-0.2, -0.15) is 9.97 Å². The lowest BCUT2D eigenvalue weighted by atomic mass is 10.1. The monoisotopic (exact) mass is 892 g/mol. The molecule has 3 aliphatic heterocycles. The highest BCUT2D eigenvalue weighted by Gasteiger charge is 2.51. The Morgan fingerprint density at radius 2 is 1.61 bits per heavy atom. The van der Waals surface area contributed by atoms with E-state index in [1.54, 1.807) is 20.9 Å². The van der Waals surface area contributed by atoms with Gasteiger partial charge in [-0.15, -0.1) is 4.67 Å². The number of nitrogens with zero attached hydrogens (tertiary/aromatic N) is 6. The van der Waals surface area contributed by atoms with Crippen LogP contribution in [0.2, 0.25) is 0 Å². The summed E-state index contributed by atoms with van der Waals surface area (Å²) < 4.78 is 67.7. The quantitative estimate of drug-likeness (QED) is 0.0420. The molecule has 5 unspecified atom stereocenters. The van der Waals surface area contributed by atoms with Gasteiger partial charge in [0, 0.05) is 14.2 Å². The van der Waals surface area contributed by atoms with Crippen molar-refractivity contribution in [2.45, 2.75) is 69.0 Å². The number of H-pyrrole nitrogens is 2. The van der Waals surface area contributed by atoms with E-state index in [9.17, 15) is 43.6 Å². The molecule has 6 heterocycles. The van der Waals surface area contributed by atoms with E-state index in [2.05, 4.69) is 50.0 Å². The first kappa shape index (κ1) is 43.6. The molecular weight excluding hydrogens is 853 g/mol. The number of rotatable bonds is 16. The smallest absolute Gasteiger partial charge is 0.387 e. The van der Waals surface area contributed by atoms with Gasteiger partial charge in [0.05, 0.1) is 25.7 Å². The number of methoxy groups -OCH3 is 1. The molecule has 0 saturated carbocycles. The molecular formula is C25H39N10O18P3S. The van der Waals surface area contributed by atoms with Crippen molar-refractivity contribution in [2.24, 2.45) is 0 Å². The Bertz CT molecular complexity index is 2230. The number of nitrogen functional groups attached to an aromatic ring is 2. The van der Waals surface area contributed by atoms with Crippen LogP contribution in [0.5, 0.6) is 0 Å². The van der Waals surface area contributed by atoms with Crippen LogP contribution >= 0.6 is 22.4 Å². The van der Waals surface area contributed by atoms with Crippen molar-refractivity contribution in [3.63, 3.8) is 0 Å². The summed E-state index contributed by atoms with van der Waals surface area (Å²) in [7, 11) is -8.15. The molecule has 0 radical (unpaired) electrons. The Morgan fingerprint density at radius 3 is 2.30 bits per heavy atom. The van der Waals surface area contributed by atoms with Gasteiger partial charge in [-0.05, 0) is 25.7 Å². The lowest BCUT2D eigenvalue weighted by molar-refractivity contribution is -0.247. The van der Waals surface area contributed by atoms with Crippen LogP contribution in [0.1, 0.15) is 20.1 Å². The fraction of sp³-hybridized carbons (Fsp3) is 0.640. The van der Waals surface area contributed by atoms with Crippen molar-refractivity contribution in [1.82, 2.24) is 29.5 Å². The number of hydrogen-bond acceptors (Lipinski definition) is 23. The van der Waals surface area contributed by atoms with E-state index in [4.69, 9.17) is 39.8 Å². The SMILES string of the molecule is COC1[C@@H](O)[C@@H](COP(=O)(O)OP(O)(=S)OP(=O)(O)OOC[C@H]2O[C@@H](n3cnc4c(=O)[nH]c(N)nc43)[C@@H](O)C2OC(C)C)O[C@H]1N1CN(C)c2c1nc(N)[nH]c2=O. The predicted octanol–water partition coefficient (Wildman–Crippen LogP) is -2.15. The summed E-state index contributed by atoms with van der Waals surface area (Å²) in [4.78, 5) is 80.3. The second-order valence-electron chi connectivity index (χ2n) is 12.9. The number of fused-ring (bicyclic) bond motifs is 2. The lowest BCUT2D eigenvalue weighted by Crippen LogP contribution is -2.46. The minimum Gasteiger partial charge on any atom is -0.387 e. The van der Waals surface area contributed by atoms with Crippen LogP contribution in [0.3, 0.4) is 0 Å². The minimum atomic E-state index is -5.55. The van der Waals surface area contributed by atoms with Gasteiger partial charge in [0.2, 0.25) is 11.9 Å². The zero-order chi connectivity index (χ0) is 41.8. The van der Waals surface area contributed by atoms with Gasteiger partial charge in [0.15, 0.2) is 29.4 Å². The third-order valence-electron chi connectivity index (χ3n) is 8.46. The number of ether oxygens (including phenoxy) is 4. The third kappa shape index (κ3) is 9.41. The first-order valence-corrected chi connectivity index (χ1v) is 22.0. The van der Waals surface area contributed by atoms with Gasteiger partial charge < -0.3 is 65.1 Å². The molecule has 6 rings (SSSR count). The predicted molar refractivity (Wildman–Crippen MR) is 194 cm³/mol. The molecule has 57 heavy (non-hydrogen) atoms. The molecule has 0 amide bonds. The molecule has 28 nitrogen and oxygen atoms in total. The van der Waals surface area contributed by atoms with Crippen LogP contribution in [-0.2, 0) is 62.6 Å². The molecule has 0 bridgehead atoms. The highest BCUT2D eigenvalue weighted by atomic mass is 32.5. The molecule has 3 aromatic rings. The molecule has 2 saturated heterocycles. The topological polar surface area (TPSA) is 386 Å². The Labute approximate surface area is 324 Å². The summed E-state index contributed by atoms with van der Waals surface area (Å²) in [5.74, 6) is -0.317. The lowest BCUT2D eigenvalue weighted by Gasteiger charge is -2.29. The summed E-state index contributed by atoms with van der Waals surface area (Å²) in [6, 6.07) is 0.